The van der Waals surface area contributed by atoms with E-state index in [1.54, 1.807) is 0 Å². The summed E-state index contributed by atoms with van der Waals surface area (Å²) in [5.41, 5.74) is 11.1. The van der Waals surface area contributed by atoms with Crippen molar-refractivity contribution in [3.63, 3.8) is 0 Å². The lowest BCUT2D eigenvalue weighted by Gasteiger charge is -2.28. The van der Waals surface area contributed by atoms with Crippen molar-refractivity contribution >= 4 is 0 Å². The Morgan fingerprint density at radius 3 is 0.750 bits per heavy atom. The molecular weight excluding hydrogens is 633 g/mol. The number of aromatic hydroxyl groups is 2. The first-order valence-corrected chi connectivity index (χ1v) is 19.3. The fraction of sp³-hybridized carbons (Fsp3) is 0.280. The van der Waals surface area contributed by atoms with Crippen molar-refractivity contribution < 1.29 is 10.2 Å². The van der Waals surface area contributed by atoms with E-state index in [0.29, 0.717) is 11.5 Å². The lowest BCUT2D eigenvalue weighted by Crippen LogP contribution is -2.10. The van der Waals surface area contributed by atoms with Gasteiger partial charge in [-0.3, -0.25) is 0 Å². The minimum atomic E-state index is -0.000632. The van der Waals surface area contributed by atoms with Crippen molar-refractivity contribution in [1.29, 1.82) is 0 Å². The van der Waals surface area contributed by atoms with E-state index in [0.717, 1.165) is 47.9 Å². The van der Waals surface area contributed by atoms with Crippen LogP contribution in [-0.4, -0.2) is 10.2 Å². The average Bonchev–Trinajstić information content (AvgIpc) is 3.19. The number of phenolic OH excluding ortho intramolecular Hbond substituents is 2. The predicted molar refractivity (Wildman–Crippen MR) is 218 cm³/mol. The molecule has 6 aromatic rings. The summed E-state index contributed by atoms with van der Waals surface area (Å²) in [4.78, 5) is 0. The zero-order valence-electron chi connectivity index (χ0n) is 31.5. The van der Waals surface area contributed by atoms with Gasteiger partial charge in [0.1, 0.15) is 11.5 Å². The van der Waals surface area contributed by atoms with Crippen LogP contribution in [0.2, 0.25) is 0 Å². The summed E-state index contributed by atoms with van der Waals surface area (Å²) in [6, 6.07) is 51.4. The van der Waals surface area contributed by atoms with Crippen molar-refractivity contribution in [1.82, 2.24) is 0 Å². The van der Waals surface area contributed by atoms with Crippen LogP contribution in [-0.2, 0) is 0 Å². The molecule has 0 saturated carbocycles. The SMILES string of the molecule is CCC(c1ccccc1)c1cc(C(C)c2cc(C(CC)c3ccccc3)c(O)c(C(CC)c3ccccc3)c2)cc(C(CC)c2ccccc2)c1O. The maximum Gasteiger partial charge on any atom is 0.123 e. The van der Waals surface area contributed by atoms with Crippen LogP contribution in [0.15, 0.2) is 146 Å². The summed E-state index contributed by atoms with van der Waals surface area (Å²) >= 11 is 0. The monoisotopic (exact) mass is 686 g/mol. The molecular formula is C50H54O2. The Hall–Kier alpha value is -5.08. The largest absolute Gasteiger partial charge is 0.507 e. The summed E-state index contributed by atoms with van der Waals surface area (Å²) < 4.78 is 0. The maximum atomic E-state index is 12.2. The van der Waals surface area contributed by atoms with Crippen LogP contribution in [0.25, 0.3) is 0 Å². The topological polar surface area (TPSA) is 40.5 Å². The molecule has 0 aliphatic carbocycles. The van der Waals surface area contributed by atoms with Crippen LogP contribution in [0.4, 0.5) is 0 Å². The molecule has 0 radical (unpaired) electrons. The van der Waals surface area contributed by atoms with E-state index in [1.165, 1.54) is 33.4 Å². The molecule has 2 N–H and O–H groups in total. The van der Waals surface area contributed by atoms with E-state index < -0.39 is 0 Å². The van der Waals surface area contributed by atoms with Gasteiger partial charge in [-0.2, -0.15) is 0 Å². The highest BCUT2D eigenvalue weighted by Gasteiger charge is 2.28. The number of hydrogen-bond donors (Lipinski definition) is 2. The second-order valence-electron chi connectivity index (χ2n) is 14.3. The average molecular weight is 687 g/mol. The minimum Gasteiger partial charge on any atom is -0.507 e. The lowest BCUT2D eigenvalue weighted by molar-refractivity contribution is 0.451. The van der Waals surface area contributed by atoms with E-state index in [1.807, 2.05) is 0 Å². The number of rotatable bonds is 14. The Kier molecular flexibility index (Phi) is 12.0. The van der Waals surface area contributed by atoms with Gasteiger partial charge in [0.05, 0.1) is 0 Å². The number of hydrogen-bond acceptors (Lipinski definition) is 2. The molecule has 52 heavy (non-hydrogen) atoms. The highest BCUT2D eigenvalue weighted by Crippen LogP contribution is 2.47. The van der Waals surface area contributed by atoms with Crippen LogP contribution in [0.3, 0.4) is 0 Å². The molecule has 266 valence electrons. The summed E-state index contributed by atoms with van der Waals surface area (Å²) in [5, 5.41) is 24.5. The van der Waals surface area contributed by atoms with Gasteiger partial charge >= 0.3 is 0 Å². The quantitative estimate of drug-likeness (QED) is 0.120. The molecule has 4 unspecified atom stereocenters. The molecule has 0 aromatic heterocycles. The van der Waals surface area contributed by atoms with Crippen molar-refractivity contribution in [3.8, 4) is 11.5 Å². The minimum absolute atomic E-state index is 0.000632. The predicted octanol–water partition coefficient (Wildman–Crippen LogP) is 13.4. The van der Waals surface area contributed by atoms with Crippen molar-refractivity contribution in [2.75, 3.05) is 0 Å². The summed E-state index contributed by atoms with van der Waals surface area (Å²) in [7, 11) is 0. The summed E-state index contributed by atoms with van der Waals surface area (Å²) in [6.07, 6.45) is 3.48. The second kappa shape index (κ2) is 17.0. The molecule has 0 heterocycles. The first kappa shape index (κ1) is 36.7. The molecule has 0 spiro atoms. The maximum absolute atomic E-state index is 12.2. The van der Waals surface area contributed by atoms with Gasteiger partial charge in [0, 0.05) is 51.8 Å². The van der Waals surface area contributed by atoms with Gasteiger partial charge in [-0.05, 0) is 59.1 Å². The zero-order chi connectivity index (χ0) is 36.6. The third kappa shape index (κ3) is 7.58. The highest BCUT2D eigenvalue weighted by molar-refractivity contribution is 5.57. The van der Waals surface area contributed by atoms with E-state index in [2.05, 4.69) is 180 Å². The zero-order valence-corrected chi connectivity index (χ0v) is 31.5. The Morgan fingerprint density at radius 2 is 0.558 bits per heavy atom. The fourth-order valence-corrected chi connectivity index (χ4v) is 8.45. The van der Waals surface area contributed by atoms with Crippen LogP contribution in [0.1, 0.15) is 146 Å². The van der Waals surface area contributed by atoms with E-state index in [-0.39, 0.29) is 29.6 Å². The molecule has 6 rings (SSSR count). The molecule has 2 nitrogen and oxygen atoms in total. The van der Waals surface area contributed by atoms with Crippen LogP contribution < -0.4 is 0 Å². The van der Waals surface area contributed by atoms with Gasteiger partial charge in [0.15, 0.2) is 0 Å². The third-order valence-electron chi connectivity index (χ3n) is 11.3. The van der Waals surface area contributed by atoms with E-state index >= 15 is 0 Å². The number of benzene rings is 6. The van der Waals surface area contributed by atoms with Gasteiger partial charge in [0.25, 0.3) is 0 Å². The van der Waals surface area contributed by atoms with Crippen molar-refractivity contribution in [2.45, 2.75) is 89.9 Å². The van der Waals surface area contributed by atoms with Crippen LogP contribution in [0, 0.1) is 0 Å². The molecule has 0 amide bonds. The lowest BCUT2D eigenvalue weighted by atomic mass is 9.77. The van der Waals surface area contributed by atoms with Gasteiger partial charge in [-0.1, -0.05) is 180 Å². The third-order valence-corrected chi connectivity index (χ3v) is 11.3. The van der Waals surface area contributed by atoms with Gasteiger partial charge in [0.2, 0.25) is 0 Å². The Labute approximate surface area is 311 Å². The van der Waals surface area contributed by atoms with Crippen LogP contribution in [0.5, 0.6) is 11.5 Å². The molecule has 0 aliphatic rings. The fourth-order valence-electron chi connectivity index (χ4n) is 8.45. The first-order chi connectivity index (χ1) is 25.4. The Morgan fingerprint density at radius 1 is 0.346 bits per heavy atom. The van der Waals surface area contributed by atoms with Crippen molar-refractivity contribution in [3.05, 3.63) is 201 Å². The molecule has 0 fully saturated rings. The molecule has 4 atom stereocenters. The first-order valence-electron chi connectivity index (χ1n) is 19.3. The van der Waals surface area contributed by atoms with Gasteiger partial charge < -0.3 is 10.2 Å². The normalized spacial score (nSPS) is 14.3. The van der Waals surface area contributed by atoms with E-state index in [4.69, 9.17) is 0 Å². The van der Waals surface area contributed by atoms with E-state index in [9.17, 15) is 10.2 Å². The highest BCUT2D eigenvalue weighted by atomic mass is 16.3. The van der Waals surface area contributed by atoms with Crippen molar-refractivity contribution in [2.24, 2.45) is 0 Å². The summed E-state index contributed by atoms with van der Waals surface area (Å²) in [5.74, 6) is 1.01. The molecule has 6 aromatic carbocycles. The standard InChI is InChI=1S/C50H54O2/c1-6-41(35-22-14-10-15-23-35)45-30-39(31-46(49(45)51)42(7-2)36-24-16-11-17-25-36)34(5)40-32-47(43(8-3)37-26-18-12-19-27-37)50(52)48(33-40)44(9-4)38-28-20-13-21-29-38/h10-34,41-44,51-52H,6-9H2,1-5H3. The Balaban J connectivity index is 1.58. The van der Waals surface area contributed by atoms with Crippen LogP contribution >= 0.6 is 0 Å². The molecule has 0 aliphatic heterocycles. The molecule has 2 heteroatoms. The van der Waals surface area contributed by atoms with Gasteiger partial charge in [-0.15, -0.1) is 0 Å². The summed E-state index contributed by atoms with van der Waals surface area (Å²) in [6.45, 7) is 11.1. The Bertz CT molecular complexity index is 1730. The molecule has 0 bridgehead atoms. The number of phenols is 2. The molecule has 0 saturated heterocycles. The second-order valence-corrected chi connectivity index (χ2v) is 14.3. The van der Waals surface area contributed by atoms with Gasteiger partial charge in [-0.25, -0.2) is 0 Å². The smallest absolute Gasteiger partial charge is 0.123 e.